The molecule has 0 saturated carbocycles. The van der Waals surface area contributed by atoms with Crippen LogP contribution < -0.4 is 10.2 Å². The van der Waals surface area contributed by atoms with Gasteiger partial charge in [0.2, 0.25) is 0 Å². The molecule has 1 saturated heterocycles. The molecule has 1 atom stereocenters. The van der Waals surface area contributed by atoms with E-state index in [0.717, 1.165) is 11.4 Å². The van der Waals surface area contributed by atoms with Gasteiger partial charge in [-0.15, -0.1) is 0 Å². The summed E-state index contributed by atoms with van der Waals surface area (Å²) in [4.78, 5) is 11.4. The zero-order valence-electron chi connectivity index (χ0n) is 17.3. The minimum atomic E-state index is -0.285. The second kappa shape index (κ2) is 8.37. The van der Waals surface area contributed by atoms with Gasteiger partial charge in [0.05, 0.1) is 25.0 Å². The Morgan fingerprint density at radius 1 is 1.20 bits per heavy atom. The minimum absolute atomic E-state index is 0.0559. The number of anilines is 3. The molecule has 1 aromatic carbocycles. The number of rotatable bonds is 5. The van der Waals surface area contributed by atoms with Crippen molar-refractivity contribution in [1.29, 1.82) is 0 Å². The van der Waals surface area contributed by atoms with E-state index >= 15 is 0 Å². The first-order chi connectivity index (χ1) is 14.4. The normalized spacial score (nSPS) is 16.7. The summed E-state index contributed by atoms with van der Waals surface area (Å²) < 4.78 is 21.2. The predicted molar refractivity (Wildman–Crippen MR) is 112 cm³/mol. The third-order valence-electron chi connectivity index (χ3n) is 5.01. The van der Waals surface area contributed by atoms with Crippen LogP contribution >= 0.6 is 0 Å². The van der Waals surface area contributed by atoms with E-state index in [0.29, 0.717) is 48.5 Å². The second-order valence-corrected chi connectivity index (χ2v) is 7.46. The van der Waals surface area contributed by atoms with Crippen molar-refractivity contribution in [3.63, 3.8) is 0 Å². The first-order valence-electron chi connectivity index (χ1n) is 9.86. The summed E-state index contributed by atoms with van der Waals surface area (Å²) in [6, 6.07) is 8.73. The number of halogens is 1. The van der Waals surface area contributed by atoms with Crippen LogP contribution in [0.1, 0.15) is 17.0 Å². The van der Waals surface area contributed by atoms with Crippen LogP contribution in [0, 0.1) is 26.6 Å². The molecule has 4 rings (SSSR count). The highest BCUT2D eigenvalue weighted by Gasteiger charge is 2.22. The molecule has 0 aliphatic carbocycles. The molecule has 9 heteroatoms. The van der Waals surface area contributed by atoms with Crippen LogP contribution in [0.2, 0.25) is 0 Å². The van der Waals surface area contributed by atoms with Crippen molar-refractivity contribution >= 4 is 17.3 Å². The van der Waals surface area contributed by atoms with Crippen molar-refractivity contribution < 1.29 is 14.2 Å². The molecular formula is C21H25FN6O2. The summed E-state index contributed by atoms with van der Waals surface area (Å²) >= 11 is 0. The summed E-state index contributed by atoms with van der Waals surface area (Å²) in [5.41, 5.74) is 2.95. The Morgan fingerprint density at radius 3 is 2.73 bits per heavy atom. The second-order valence-electron chi connectivity index (χ2n) is 7.46. The van der Waals surface area contributed by atoms with Crippen molar-refractivity contribution in [3.05, 3.63) is 53.1 Å². The Balaban J connectivity index is 1.73. The fraction of sp³-hybridized carbons (Fsp3) is 0.381. The summed E-state index contributed by atoms with van der Waals surface area (Å²) in [6.45, 7) is 7.17. The van der Waals surface area contributed by atoms with Gasteiger partial charge in [-0.05, 0) is 44.5 Å². The van der Waals surface area contributed by atoms with E-state index in [-0.39, 0.29) is 18.5 Å². The number of nitrogens with zero attached hydrogens (tertiary/aromatic N) is 5. The van der Waals surface area contributed by atoms with E-state index in [1.807, 2.05) is 30.9 Å². The van der Waals surface area contributed by atoms with Gasteiger partial charge in [-0.2, -0.15) is 15.1 Å². The third-order valence-corrected chi connectivity index (χ3v) is 5.01. The Hall–Kier alpha value is -3.04. The van der Waals surface area contributed by atoms with E-state index < -0.39 is 0 Å². The molecule has 0 radical (unpaired) electrons. The molecule has 1 aliphatic rings. The molecule has 2 N–H and O–H groups in total. The van der Waals surface area contributed by atoms with Crippen LogP contribution in [0.5, 0.6) is 0 Å². The molecule has 0 unspecified atom stereocenters. The molecule has 0 amide bonds. The lowest BCUT2D eigenvalue weighted by Crippen LogP contribution is -2.44. The highest BCUT2D eigenvalue weighted by atomic mass is 19.1. The van der Waals surface area contributed by atoms with E-state index in [9.17, 15) is 9.50 Å². The number of ether oxygens (including phenoxy) is 1. The van der Waals surface area contributed by atoms with Gasteiger partial charge >= 0.3 is 0 Å². The molecule has 30 heavy (non-hydrogen) atoms. The van der Waals surface area contributed by atoms with Gasteiger partial charge in [0.15, 0.2) is 0 Å². The van der Waals surface area contributed by atoms with Crippen LogP contribution in [-0.2, 0) is 4.74 Å². The van der Waals surface area contributed by atoms with E-state index in [1.54, 1.807) is 23.7 Å². The number of aryl methyl sites for hydroxylation is 3. The Morgan fingerprint density at radius 2 is 2.03 bits per heavy atom. The van der Waals surface area contributed by atoms with Gasteiger partial charge in [-0.25, -0.2) is 9.07 Å². The minimum Gasteiger partial charge on any atom is -0.394 e. The maximum absolute atomic E-state index is 14.0. The van der Waals surface area contributed by atoms with Crippen LogP contribution in [0.4, 0.5) is 21.7 Å². The highest BCUT2D eigenvalue weighted by molar-refractivity contribution is 5.61. The molecule has 1 fully saturated rings. The van der Waals surface area contributed by atoms with Gasteiger partial charge in [-0.1, -0.05) is 6.07 Å². The van der Waals surface area contributed by atoms with Crippen molar-refractivity contribution in [1.82, 2.24) is 19.7 Å². The summed E-state index contributed by atoms with van der Waals surface area (Å²) in [5, 5.41) is 17.1. The van der Waals surface area contributed by atoms with Crippen LogP contribution in [0.15, 0.2) is 30.3 Å². The van der Waals surface area contributed by atoms with Crippen molar-refractivity contribution in [2.24, 2.45) is 0 Å². The average molecular weight is 412 g/mol. The first kappa shape index (κ1) is 20.2. The molecule has 3 aromatic rings. The Kier molecular flexibility index (Phi) is 5.65. The number of morpholine rings is 1. The lowest BCUT2D eigenvalue weighted by atomic mass is 10.2. The number of aliphatic hydroxyl groups excluding tert-OH is 1. The van der Waals surface area contributed by atoms with Gasteiger partial charge in [0, 0.05) is 30.5 Å². The highest BCUT2D eigenvalue weighted by Crippen LogP contribution is 2.24. The number of aliphatic hydroxyl groups is 1. The van der Waals surface area contributed by atoms with Crippen LogP contribution in [-0.4, -0.2) is 57.3 Å². The zero-order chi connectivity index (χ0) is 21.3. The Bertz CT molecular complexity index is 1050. The van der Waals surface area contributed by atoms with E-state index in [2.05, 4.69) is 15.4 Å². The zero-order valence-corrected chi connectivity index (χ0v) is 17.3. The van der Waals surface area contributed by atoms with Crippen molar-refractivity contribution in [2.75, 3.05) is 36.5 Å². The van der Waals surface area contributed by atoms with Gasteiger partial charge < -0.3 is 20.1 Å². The summed E-state index contributed by atoms with van der Waals surface area (Å²) in [6.07, 6.45) is -0.270. The monoisotopic (exact) mass is 412 g/mol. The largest absolute Gasteiger partial charge is 0.394 e. The molecule has 0 bridgehead atoms. The lowest BCUT2D eigenvalue weighted by molar-refractivity contribution is 0.00336. The third kappa shape index (κ3) is 4.27. The number of aromatic nitrogens is 4. The summed E-state index contributed by atoms with van der Waals surface area (Å²) in [7, 11) is 0. The van der Waals surface area contributed by atoms with E-state index in [1.165, 1.54) is 6.07 Å². The molecule has 0 spiro atoms. The van der Waals surface area contributed by atoms with Gasteiger partial charge in [-0.3, -0.25) is 0 Å². The molecule has 158 valence electrons. The fourth-order valence-corrected chi connectivity index (χ4v) is 3.43. The van der Waals surface area contributed by atoms with Gasteiger partial charge in [0.25, 0.3) is 5.95 Å². The van der Waals surface area contributed by atoms with Crippen LogP contribution in [0.25, 0.3) is 5.95 Å². The molecule has 8 nitrogen and oxygen atoms in total. The topological polar surface area (TPSA) is 88.3 Å². The number of benzene rings is 1. The molecular weight excluding hydrogens is 387 g/mol. The number of nitrogens with one attached hydrogen (secondary N) is 1. The molecule has 3 heterocycles. The molecule has 2 aromatic heterocycles. The summed E-state index contributed by atoms with van der Waals surface area (Å²) in [5.74, 6) is 1.34. The lowest BCUT2D eigenvalue weighted by Gasteiger charge is -2.33. The fourth-order valence-electron chi connectivity index (χ4n) is 3.43. The standard InChI is InChI=1S/C21H25FN6O2/c1-13-4-5-16(9-18(13)22)23-19-10-20(27-6-7-30-17(11-27)12-29)25-21(24-19)28-15(3)8-14(2)26-28/h4-5,8-10,17,29H,6-7,11-12H2,1-3H3,(H,23,24,25)/t17-/m0/s1. The quantitative estimate of drug-likeness (QED) is 0.666. The van der Waals surface area contributed by atoms with E-state index in [4.69, 9.17) is 9.72 Å². The van der Waals surface area contributed by atoms with Crippen molar-refractivity contribution in [2.45, 2.75) is 26.9 Å². The maximum atomic E-state index is 14.0. The number of hydrogen-bond donors (Lipinski definition) is 2. The molecule has 1 aliphatic heterocycles. The van der Waals surface area contributed by atoms with Gasteiger partial charge in [0.1, 0.15) is 17.5 Å². The predicted octanol–water partition coefficient (Wildman–Crippen LogP) is 2.67. The Labute approximate surface area is 174 Å². The number of hydrogen-bond acceptors (Lipinski definition) is 7. The SMILES string of the molecule is Cc1cc(C)n(-c2nc(Nc3ccc(C)c(F)c3)cc(N3CCO[C@H](CO)C3)n2)n1. The average Bonchev–Trinajstić information content (AvgIpc) is 3.08. The van der Waals surface area contributed by atoms with Crippen molar-refractivity contribution in [3.8, 4) is 5.95 Å². The van der Waals surface area contributed by atoms with Crippen LogP contribution in [0.3, 0.4) is 0 Å². The first-order valence-corrected chi connectivity index (χ1v) is 9.86. The smallest absolute Gasteiger partial charge is 0.254 e. The maximum Gasteiger partial charge on any atom is 0.254 e.